The second kappa shape index (κ2) is 5.84. The normalized spacial score (nSPS) is 12.2. The van der Waals surface area contributed by atoms with Crippen LogP contribution in [0.25, 0.3) is 0 Å². The highest BCUT2D eigenvalue weighted by molar-refractivity contribution is 14.1. The number of aryl methyl sites for hydroxylation is 1. The minimum Gasteiger partial charge on any atom is -0.345 e. The van der Waals surface area contributed by atoms with Crippen molar-refractivity contribution in [3.05, 3.63) is 55.3 Å². The molecular weight excluding hydrogens is 357 g/mol. The van der Waals surface area contributed by atoms with Crippen LogP contribution in [0.5, 0.6) is 0 Å². The lowest BCUT2D eigenvalue weighted by molar-refractivity contribution is 0.0939. The summed E-state index contributed by atoms with van der Waals surface area (Å²) in [4.78, 5) is 13.4. The van der Waals surface area contributed by atoms with Crippen LogP contribution in [0, 0.1) is 10.5 Å². The summed E-state index contributed by atoms with van der Waals surface area (Å²) in [6.45, 7) is 4.02. The zero-order valence-corrected chi connectivity index (χ0v) is 13.2. The number of halogens is 1. The number of hydrogen-bond acceptors (Lipinski definition) is 2. The molecule has 94 valence electrons. The van der Waals surface area contributed by atoms with Gasteiger partial charge < -0.3 is 5.32 Å². The number of amides is 1. The summed E-state index contributed by atoms with van der Waals surface area (Å²) in [7, 11) is 0. The lowest BCUT2D eigenvalue weighted by Crippen LogP contribution is -2.27. The van der Waals surface area contributed by atoms with Gasteiger partial charge in [0.2, 0.25) is 0 Å². The summed E-state index contributed by atoms with van der Waals surface area (Å²) < 4.78 is 1.02. The van der Waals surface area contributed by atoms with Crippen LogP contribution in [-0.2, 0) is 0 Å². The van der Waals surface area contributed by atoms with Gasteiger partial charge in [0.1, 0.15) is 0 Å². The Bertz CT molecular complexity index is 551. The monoisotopic (exact) mass is 371 g/mol. The summed E-state index contributed by atoms with van der Waals surface area (Å²) in [5.41, 5.74) is 1.88. The molecule has 1 amide bonds. The van der Waals surface area contributed by atoms with Crippen LogP contribution in [0.3, 0.4) is 0 Å². The quantitative estimate of drug-likeness (QED) is 0.807. The Kier molecular flexibility index (Phi) is 4.40. The zero-order valence-electron chi connectivity index (χ0n) is 10.2. The summed E-state index contributed by atoms with van der Waals surface area (Å²) in [5, 5.41) is 5.06. The molecular formula is C14H14INOS. The van der Waals surface area contributed by atoms with Crippen molar-refractivity contribution in [3.8, 4) is 0 Å². The Morgan fingerprint density at radius 3 is 2.78 bits per heavy atom. The Labute approximate surface area is 125 Å². The van der Waals surface area contributed by atoms with E-state index in [1.54, 1.807) is 11.3 Å². The molecule has 0 aliphatic heterocycles. The van der Waals surface area contributed by atoms with Gasteiger partial charge in [0, 0.05) is 8.45 Å². The molecule has 0 aliphatic rings. The predicted octanol–water partition coefficient (Wildman–Crippen LogP) is 4.15. The number of nitrogens with one attached hydrogen (secondary N) is 1. The first-order valence-corrected chi connectivity index (χ1v) is 7.65. The summed E-state index contributed by atoms with van der Waals surface area (Å²) in [6, 6.07) is 9.89. The van der Waals surface area contributed by atoms with Crippen LogP contribution >= 0.6 is 33.9 Å². The van der Waals surface area contributed by atoms with Gasteiger partial charge in [0.25, 0.3) is 5.91 Å². The smallest absolute Gasteiger partial charge is 0.252 e. The first kappa shape index (κ1) is 13.5. The molecule has 0 fully saturated rings. The molecule has 0 saturated carbocycles. The minimum atomic E-state index is -0.0102. The van der Waals surface area contributed by atoms with Gasteiger partial charge >= 0.3 is 0 Å². The first-order valence-electron chi connectivity index (χ1n) is 5.69. The SMILES string of the molecule is Cc1cccc(C(=O)N[C@H](C)c2cccs2)c1I. The maximum absolute atomic E-state index is 12.2. The number of rotatable bonds is 3. The van der Waals surface area contributed by atoms with Crippen LogP contribution in [0.2, 0.25) is 0 Å². The molecule has 1 atom stereocenters. The standard InChI is InChI=1S/C14H14INOS/c1-9-5-3-6-11(13(9)15)14(17)16-10(2)12-7-4-8-18-12/h3-8,10H,1-2H3,(H,16,17)/t10-/m1/s1. The van der Waals surface area contributed by atoms with E-state index in [0.29, 0.717) is 0 Å². The van der Waals surface area contributed by atoms with E-state index >= 15 is 0 Å². The van der Waals surface area contributed by atoms with E-state index < -0.39 is 0 Å². The van der Waals surface area contributed by atoms with Gasteiger partial charge in [-0.1, -0.05) is 18.2 Å². The Morgan fingerprint density at radius 1 is 1.33 bits per heavy atom. The zero-order chi connectivity index (χ0) is 13.1. The van der Waals surface area contributed by atoms with E-state index in [2.05, 4.69) is 27.9 Å². The van der Waals surface area contributed by atoms with E-state index in [4.69, 9.17) is 0 Å². The molecule has 1 aromatic carbocycles. The fourth-order valence-electron chi connectivity index (χ4n) is 1.71. The molecule has 0 saturated heterocycles. The maximum Gasteiger partial charge on any atom is 0.252 e. The van der Waals surface area contributed by atoms with Gasteiger partial charge in [-0.05, 0) is 59.5 Å². The van der Waals surface area contributed by atoms with Crippen molar-refractivity contribution in [1.29, 1.82) is 0 Å². The van der Waals surface area contributed by atoms with E-state index in [-0.39, 0.29) is 11.9 Å². The van der Waals surface area contributed by atoms with Gasteiger partial charge in [0.05, 0.1) is 11.6 Å². The molecule has 0 aliphatic carbocycles. The molecule has 1 heterocycles. The molecule has 0 bridgehead atoms. The van der Waals surface area contributed by atoms with Gasteiger partial charge in [-0.25, -0.2) is 0 Å². The fourth-order valence-corrected chi connectivity index (χ4v) is 3.04. The Balaban J connectivity index is 2.15. The van der Waals surface area contributed by atoms with E-state index in [1.807, 2.05) is 49.6 Å². The molecule has 0 spiro atoms. The van der Waals surface area contributed by atoms with E-state index in [1.165, 1.54) is 4.88 Å². The van der Waals surface area contributed by atoms with Crippen molar-refractivity contribution in [2.45, 2.75) is 19.9 Å². The van der Waals surface area contributed by atoms with E-state index in [9.17, 15) is 4.79 Å². The molecule has 4 heteroatoms. The molecule has 2 nitrogen and oxygen atoms in total. The Morgan fingerprint density at radius 2 is 2.11 bits per heavy atom. The second-order valence-corrected chi connectivity index (χ2v) is 6.21. The molecule has 0 unspecified atom stereocenters. The minimum absolute atomic E-state index is 0.0102. The molecule has 0 radical (unpaired) electrons. The number of benzene rings is 1. The highest BCUT2D eigenvalue weighted by Gasteiger charge is 2.15. The third kappa shape index (κ3) is 2.92. The summed E-state index contributed by atoms with van der Waals surface area (Å²) in [5.74, 6) is -0.0102. The lowest BCUT2D eigenvalue weighted by Gasteiger charge is -2.13. The molecule has 2 rings (SSSR count). The predicted molar refractivity (Wildman–Crippen MR) is 84.1 cm³/mol. The molecule has 1 N–H and O–H groups in total. The number of hydrogen-bond donors (Lipinski definition) is 1. The molecule has 1 aromatic heterocycles. The highest BCUT2D eigenvalue weighted by Crippen LogP contribution is 2.21. The highest BCUT2D eigenvalue weighted by atomic mass is 127. The largest absolute Gasteiger partial charge is 0.345 e. The van der Waals surface area contributed by atoms with Gasteiger partial charge in [-0.2, -0.15) is 0 Å². The van der Waals surface area contributed by atoms with Crippen LogP contribution in [0.4, 0.5) is 0 Å². The van der Waals surface area contributed by atoms with Crippen molar-refractivity contribution in [2.24, 2.45) is 0 Å². The van der Waals surface area contributed by atoms with Crippen molar-refractivity contribution >= 4 is 39.8 Å². The average molecular weight is 371 g/mol. The Hall–Kier alpha value is -0.880. The summed E-state index contributed by atoms with van der Waals surface area (Å²) in [6.07, 6.45) is 0. The summed E-state index contributed by atoms with van der Waals surface area (Å²) >= 11 is 3.88. The van der Waals surface area contributed by atoms with E-state index in [0.717, 1.165) is 14.7 Å². The van der Waals surface area contributed by atoms with Gasteiger partial charge in [0.15, 0.2) is 0 Å². The van der Waals surface area contributed by atoms with Crippen molar-refractivity contribution in [1.82, 2.24) is 5.32 Å². The topological polar surface area (TPSA) is 29.1 Å². The van der Waals surface area contributed by atoms with Crippen LogP contribution in [0.1, 0.15) is 33.8 Å². The third-order valence-corrected chi connectivity index (χ3v) is 5.24. The number of carbonyl (C=O) groups excluding carboxylic acids is 1. The van der Waals surface area contributed by atoms with Crippen LogP contribution < -0.4 is 5.32 Å². The molecule has 18 heavy (non-hydrogen) atoms. The average Bonchev–Trinajstić information content (AvgIpc) is 2.86. The lowest BCUT2D eigenvalue weighted by atomic mass is 10.1. The van der Waals surface area contributed by atoms with Crippen molar-refractivity contribution in [2.75, 3.05) is 0 Å². The van der Waals surface area contributed by atoms with Crippen molar-refractivity contribution in [3.63, 3.8) is 0 Å². The van der Waals surface area contributed by atoms with Gasteiger partial charge in [-0.3, -0.25) is 4.79 Å². The van der Waals surface area contributed by atoms with Crippen LogP contribution in [0.15, 0.2) is 35.7 Å². The van der Waals surface area contributed by atoms with Crippen LogP contribution in [-0.4, -0.2) is 5.91 Å². The number of carbonyl (C=O) groups is 1. The second-order valence-electron chi connectivity index (χ2n) is 4.15. The first-order chi connectivity index (χ1) is 8.59. The molecule has 2 aromatic rings. The third-order valence-electron chi connectivity index (χ3n) is 2.75. The maximum atomic E-state index is 12.2. The van der Waals surface area contributed by atoms with Gasteiger partial charge in [-0.15, -0.1) is 11.3 Å². The fraction of sp³-hybridized carbons (Fsp3) is 0.214. The number of thiophene rings is 1. The van der Waals surface area contributed by atoms with Crippen molar-refractivity contribution < 1.29 is 4.79 Å².